The second-order valence-electron chi connectivity index (χ2n) is 8.40. The molecule has 30 heavy (non-hydrogen) atoms. The van der Waals surface area contributed by atoms with Gasteiger partial charge in [0.05, 0.1) is 13.3 Å². The van der Waals surface area contributed by atoms with E-state index in [1.54, 1.807) is 13.3 Å². The fourth-order valence-electron chi connectivity index (χ4n) is 4.72. The van der Waals surface area contributed by atoms with Gasteiger partial charge in [-0.15, -0.1) is 0 Å². The first kappa shape index (κ1) is 20.7. The molecule has 4 rings (SSSR count). The quantitative estimate of drug-likeness (QED) is 0.488. The Hall–Kier alpha value is -2.53. The minimum Gasteiger partial charge on any atom is -0.493 e. The summed E-state index contributed by atoms with van der Waals surface area (Å²) in [5.74, 6) is 1.92. The summed E-state index contributed by atoms with van der Waals surface area (Å²) in [4.78, 5) is 12.5. The minimum absolute atomic E-state index is 0.0375. The van der Waals surface area contributed by atoms with E-state index in [4.69, 9.17) is 21.1 Å². The van der Waals surface area contributed by atoms with Crippen molar-refractivity contribution in [2.75, 3.05) is 7.11 Å². The van der Waals surface area contributed by atoms with E-state index >= 15 is 0 Å². The Morgan fingerprint density at radius 3 is 2.73 bits per heavy atom. The number of carbonyl (C=O) groups is 1. The summed E-state index contributed by atoms with van der Waals surface area (Å²) in [6.45, 7) is 2.65. The van der Waals surface area contributed by atoms with E-state index in [2.05, 4.69) is 17.5 Å². The number of hydrogen-bond donors (Lipinski definition) is 1. The summed E-state index contributed by atoms with van der Waals surface area (Å²) in [7, 11) is 1.60. The van der Waals surface area contributed by atoms with Gasteiger partial charge in [-0.25, -0.2) is 5.43 Å². The Morgan fingerprint density at radius 1 is 1.23 bits per heavy atom. The van der Waals surface area contributed by atoms with Crippen LogP contribution in [0.1, 0.15) is 43.7 Å². The van der Waals surface area contributed by atoms with Crippen molar-refractivity contribution in [2.24, 2.45) is 22.4 Å². The predicted molar refractivity (Wildman–Crippen MR) is 118 cm³/mol. The van der Waals surface area contributed by atoms with Crippen molar-refractivity contribution in [3.05, 3.63) is 58.6 Å². The van der Waals surface area contributed by atoms with E-state index in [0.29, 0.717) is 29.0 Å². The maximum Gasteiger partial charge on any atom is 0.244 e. The van der Waals surface area contributed by atoms with Crippen molar-refractivity contribution < 1.29 is 14.3 Å². The van der Waals surface area contributed by atoms with Crippen molar-refractivity contribution in [3.8, 4) is 11.5 Å². The van der Waals surface area contributed by atoms with Crippen LogP contribution in [0, 0.1) is 17.3 Å². The highest BCUT2D eigenvalue weighted by molar-refractivity contribution is 6.30. The average Bonchev–Trinajstić information content (AvgIpc) is 3.39. The molecule has 0 bridgehead atoms. The molecule has 2 aromatic rings. The highest BCUT2D eigenvalue weighted by atomic mass is 35.5. The molecule has 5 nitrogen and oxygen atoms in total. The zero-order valence-electron chi connectivity index (χ0n) is 17.4. The molecule has 0 heterocycles. The highest BCUT2D eigenvalue weighted by Gasteiger charge is 2.64. The number of hydrogen-bond acceptors (Lipinski definition) is 4. The third kappa shape index (κ3) is 4.31. The third-order valence-electron chi connectivity index (χ3n) is 6.50. The fraction of sp³-hybridized carbons (Fsp3) is 0.417. The number of hydrazone groups is 1. The van der Waals surface area contributed by atoms with Crippen molar-refractivity contribution in [3.63, 3.8) is 0 Å². The molecule has 2 aliphatic rings. The maximum atomic E-state index is 12.5. The van der Waals surface area contributed by atoms with Crippen molar-refractivity contribution in [1.82, 2.24) is 5.43 Å². The molecular weight excluding hydrogens is 400 g/mol. The summed E-state index contributed by atoms with van der Waals surface area (Å²) in [6, 6.07) is 13.1. The van der Waals surface area contributed by atoms with Gasteiger partial charge in [-0.05, 0) is 65.6 Å². The van der Waals surface area contributed by atoms with Crippen LogP contribution in [-0.4, -0.2) is 19.2 Å². The molecule has 0 aromatic heterocycles. The summed E-state index contributed by atoms with van der Waals surface area (Å²) < 4.78 is 11.3. The lowest BCUT2D eigenvalue weighted by Gasteiger charge is -2.15. The van der Waals surface area contributed by atoms with E-state index in [0.717, 1.165) is 24.0 Å². The van der Waals surface area contributed by atoms with Crippen LogP contribution in [0.4, 0.5) is 0 Å². The molecule has 2 fully saturated rings. The van der Waals surface area contributed by atoms with E-state index < -0.39 is 0 Å². The number of benzene rings is 2. The van der Waals surface area contributed by atoms with Crippen LogP contribution in [0.25, 0.3) is 0 Å². The van der Waals surface area contributed by atoms with E-state index in [9.17, 15) is 4.79 Å². The van der Waals surface area contributed by atoms with Crippen molar-refractivity contribution in [1.29, 1.82) is 0 Å². The largest absolute Gasteiger partial charge is 0.493 e. The lowest BCUT2D eigenvalue weighted by Crippen LogP contribution is -2.22. The van der Waals surface area contributed by atoms with Crippen molar-refractivity contribution in [2.45, 2.75) is 39.2 Å². The highest BCUT2D eigenvalue weighted by Crippen LogP contribution is 2.66. The van der Waals surface area contributed by atoms with E-state index in [-0.39, 0.29) is 17.2 Å². The number of fused-ring (bicyclic) bond motifs is 1. The number of carbonyl (C=O) groups excluding carboxylic acids is 1. The first-order valence-electron chi connectivity index (χ1n) is 10.4. The van der Waals surface area contributed by atoms with E-state index in [1.807, 2.05) is 42.5 Å². The van der Waals surface area contributed by atoms with Gasteiger partial charge in [-0.3, -0.25) is 4.79 Å². The van der Waals surface area contributed by atoms with Gasteiger partial charge < -0.3 is 9.47 Å². The Kier molecular flexibility index (Phi) is 6.00. The summed E-state index contributed by atoms with van der Waals surface area (Å²) in [5, 5.41) is 4.86. The Morgan fingerprint density at radius 2 is 2.03 bits per heavy atom. The summed E-state index contributed by atoms with van der Waals surface area (Å²) >= 11 is 5.91. The SMILES string of the molecule is COc1cc(/C=N/NC(=O)[C@@H]2[C@H]3CCCC[C@@]32C)ccc1OCc1ccc(Cl)cc1. The van der Waals surface area contributed by atoms with Crippen LogP contribution < -0.4 is 14.9 Å². The van der Waals surface area contributed by atoms with Gasteiger partial charge in [-0.1, -0.05) is 43.5 Å². The molecular formula is C24H27ClN2O3. The first-order valence-corrected chi connectivity index (χ1v) is 10.8. The molecule has 158 valence electrons. The second-order valence-corrected chi connectivity index (χ2v) is 8.83. The van der Waals surface area contributed by atoms with Crippen LogP contribution in [0.3, 0.4) is 0 Å². The second kappa shape index (κ2) is 8.68. The smallest absolute Gasteiger partial charge is 0.244 e. The zero-order valence-corrected chi connectivity index (χ0v) is 18.1. The molecule has 2 saturated carbocycles. The Labute approximate surface area is 182 Å². The van der Waals surface area contributed by atoms with Crippen LogP contribution in [-0.2, 0) is 11.4 Å². The normalized spacial score (nSPS) is 24.9. The minimum atomic E-state index is 0.0375. The number of halogens is 1. The third-order valence-corrected chi connectivity index (χ3v) is 6.75. The van der Waals surface area contributed by atoms with Gasteiger partial charge in [0.1, 0.15) is 6.61 Å². The lowest BCUT2D eigenvalue weighted by atomic mass is 9.90. The number of methoxy groups -OCH3 is 1. The number of rotatable bonds is 7. The van der Waals surface area contributed by atoms with Gasteiger partial charge in [0.25, 0.3) is 0 Å². The van der Waals surface area contributed by atoms with Crippen LogP contribution in [0.5, 0.6) is 11.5 Å². The number of ether oxygens (including phenoxy) is 2. The molecule has 1 amide bonds. The van der Waals surface area contributed by atoms with Crippen LogP contribution in [0.2, 0.25) is 5.02 Å². The molecule has 0 aliphatic heterocycles. The van der Waals surface area contributed by atoms with Gasteiger partial charge in [0.15, 0.2) is 11.5 Å². The molecule has 0 saturated heterocycles. The standard InChI is InChI=1S/C24H27ClN2O3/c1-24-12-4-3-5-19(24)22(24)23(28)27-26-14-17-8-11-20(21(13-17)29-2)30-15-16-6-9-18(25)10-7-16/h6-11,13-14,19,22H,3-5,12,15H2,1-2H3,(H,27,28)/b26-14+/t19-,22+,24+/m1/s1. The zero-order chi connectivity index (χ0) is 21.1. The molecule has 2 aliphatic carbocycles. The average molecular weight is 427 g/mol. The summed E-state index contributed by atoms with van der Waals surface area (Å²) in [5.41, 5.74) is 4.75. The molecule has 2 aromatic carbocycles. The Balaban J connectivity index is 1.34. The monoisotopic (exact) mass is 426 g/mol. The van der Waals surface area contributed by atoms with Crippen LogP contribution in [0.15, 0.2) is 47.6 Å². The fourth-order valence-corrected chi connectivity index (χ4v) is 4.84. The first-order chi connectivity index (χ1) is 14.5. The lowest BCUT2D eigenvalue weighted by molar-refractivity contribution is -0.123. The van der Waals surface area contributed by atoms with Gasteiger partial charge in [0.2, 0.25) is 5.91 Å². The topological polar surface area (TPSA) is 59.9 Å². The number of nitrogens with one attached hydrogen (secondary N) is 1. The molecule has 3 atom stereocenters. The van der Waals surface area contributed by atoms with Crippen molar-refractivity contribution >= 4 is 23.7 Å². The molecule has 0 radical (unpaired) electrons. The number of amides is 1. The van der Waals surface area contributed by atoms with Gasteiger partial charge >= 0.3 is 0 Å². The maximum absolute atomic E-state index is 12.5. The van der Waals surface area contributed by atoms with E-state index in [1.165, 1.54) is 12.8 Å². The molecule has 0 unspecified atom stereocenters. The van der Waals surface area contributed by atoms with Crippen LogP contribution >= 0.6 is 11.6 Å². The van der Waals surface area contributed by atoms with Gasteiger partial charge in [-0.2, -0.15) is 5.10 Å². The number of nitrogens with zero attached hydrogens (tertiary/aromatic N) is 1. The Bertz CT molecular complexity index is 944. The molecule has 6 heteroatoms. The predicted octanol–water partition coefficient (Wildman–Crippen LogP) is 5.20. The molecule has 0 spiro atoms. The van der Waals surface area contributed by atoms with Gasteiger partial charge in [0, 0.05) is 10.9 Å². The summed E-state index contributed by atoms with van der Waals surface area (Å²) in [6.07, 6.45) is 6.41. The molecule has 1 N–H and O–H groups in total.